The van der Waals surface area contributed by atoms with Crippen molar-refractivity contribution < 1.29 is 23.3 Å². The van der Waals surface area contributed by atoms with Gasteiger partial charge in [0.1, 0.15) is 13.1 Å². The Morgan fingerprint density at radius 1 is 1.12 bits per heavy atom. The fourth-order valence-electron chi connectivity index (χ4n) is 2.88. The van der Waals surface area contributed by atoms with E-state index in [4.69, 9.17) is 4.84 Å². The molecule has 0 saturated heterocycles. The highest BCUT2D eigenvalue weighted by atomic mass is 19.4. The highest BCUT2D eigenvalue weighted by molar-refractivity contribution is 6.02. The smallest absolute Gasteiger partial charge is 0.386 e. The average molecular weight is 349 g/mol. The Morgan fingerprint density at radius 3 is 2.52 bits per heavy atom. The zero-order chi connectivity index (χ0) is 17.9. The van der Waals surface area contributed by atoms with Gasteiger partial charge in [-0.25, -0.2) is 0 Å². The van der Waals surface area contributed by atoms with E-state index in [1.165, 1.54) is 17.7 Å². The van der Waals surface area contributed by atoms with E-state index < -0.39 is 11.7 Å². The highest BCUT2D eigenvalue weighted by Gasteiger charge is 2.30. The second-order valence-corrected chi connectivity index (χ2v) is 6.21. The summed E-state index contributed by atoms with van der Waals surface area (Å²) in [6, 6.07) is 13.3. The van der Waals surface area contributed by atoms with Gasteiger partial charge in [-0.3, -0.25) is 0 Å². The number of nitrogens with two attached hydrogens (primary N) is 1. The van der Waals surface area contributed by atoms with Gasteiger partial charge >= 0.3 is 6.18 Å². The van der Waals surface area contributed by atoms with Gasteiger partial charge in [-0.05, 0) is 24.6 Å². The zero-order valence-corrected chi connectivity index (χ0v) is 13.9. The van der Waals surface area contributed by atoms with Crippen LogP contribution in [-0.2, 0) is 17.6 Å². The van der Waals surface area contributed by atoms with Crippen molar-refractivity contribution in [2.75, 3.05) is 6.54 Å². The Bertz CT molecular complexity index is 754. The first-order valence-electron chi connectivity index (χ1n) is 8.20. The van der Waals surface area contributed by atoms with E-state index in [1.807, 2.05) is 36.5 Å². The first-order chi connectivity index (χ1) is 11.9. The van der Waals surface area contributed by atoms with E-state index >= 15 is 0 Å². The predicted molar refractivity (Wildman–Crippen MR) is 89.1 cm³/mol. The number of oxime groups is 1. The van der Waals surface area contributed by atoms with Crippen LogP contribution >= 0.6 is 0 Å². The molecular formula is C19H20F3N2O+. The fraction of sp³-hybridized carbons (Fsp3) is 0.316. The summed E-state index contributed by atoms with van der Waals surface area (Å²) < 4.78 is 37.6. The minimum atomic E-state index is -4.29. The summed E-state index contributed by atoms with van der Waals surface area (Å²) in [6.07, 6.45) is -3.55. The van der Waals surface area contributed by atoms with Crippen molar-refractivity contribution in [3.63, 3.8) is 0 Å². The minimum Gasteiger partial charge on any atom is -0.386 e. The summed E-state index contributed by atoms with van der Waals surface area (Å²) >= 11 is 0. The van der Waals surface area contributed by atoms with Crippen LogP contribution in [0.3, 0.4) is 0 Å². The molecule has 0 amide bonds. The molecule has 1 aliphatic heterocycles. The molecule has 0 fully saturated rings. The molecule has 1 aliphatic rings. The molecule has 0 spiro atoms. The minimum absolute atomic E-state index is 0.0101. The molecule has 3 rings (SSSR count). The molecule has 0 aromatic heterocycles. The molecule has 25 heavy (non-hydrogen) atoms. The van der Waals surface area contributed by atoms with Crippen molar-refractivity contribution in [2.24, 2.45) is 5.16 Å². The monoisotopic (exact) mass is 349 g/mol. The second-order valence-electron chi connectivity index (χ2n) is 6.21. The summed E-state index contributed by atoms with van der Waals surface area (Å²) in [5, 5.41) is 6.22. The van der Waals surface area contributed by atoms with Crippen LogP contribution in [0.1, 0.15) is 28.7 Å². The van der Waals surface area contributed by atoms with Gasteiger partial charge in [0.05, 0.1) is 11.3 Å². The molecular weight excluding hydrogens is 329 g/mol. The Morgan fingerprint density at radius 2 is 1.84 bits per heavy atom. The van der Waals surface area contributed by atoms with Crippen LogP contribution in [0.4, 0.5) is 13.2 Å². The van der Waals surface area contributed by atoms with E-state index in [1.54, 1.807) is 0 Å². The number of aryl methyl sites for hydroxylation is 1. The Labute approximate surface area is 144 Å². The summed E-state index contributed by atoms with van der Waals surface area (Å²) in [7, 11) is 0. The molecule has 2 aromatic carbocycles. The van der Waals surface area contributed by atoms with Crippen LogP contribution in [0.15, 0.2) is 53.7 Å². The first-order valence-corrected chi connectivity index (χ1v) is 8.20. The van der Waals surface area contributed by atoms with Crippen molar-refractivity contribution in [3.05, 3.63) is 70.8 Å². The van der Waals surface area contributed by atoms with E-state index in [9.17, 15) is 13.2 Å². The summed E-state index contributed by atoms with van der Waals surface area (Å²) in [5.74, 6) is 0. The van der Waals surface area contributed by atoms with Crippen LogP contribution in [-0.4, -0.2) is 18.4 Å². The molecule has 1 atom stereocenters. The zero-order valence-electron chi connectivity index (χ0n) is 13.9. The number of hydrogen-bond donors (Lipinski definition) is 1. The van der Waals surface area contributed by atoms with Gasteiger partial charge in [-0.1, -0.05) is 41.6 Å². The molecule has 132 valence electrons. The van der Waals surface area contributed by atoms with Crippen molar-refractivity contribution in [1.29, 1.82) is 0 Å². The lowest BCUT2D eigenvalue weighted by atomic mass is 10.0. The molecule has 0 aliphatic carbocycles. The molecule has 3 nitrogen and oxygen atoms in total. The number of rotatable bonds is 5. The summed E-state index contributed by atoms with van der Waals surface area (Å²) in [4.78, 5) is 5.48. The highest BCUT2D eigenvalue weighted by Crippen LogP contribution is 2.28. The number of nitrogens with zero attached hydrogens (tertiary/aromatic N) is 1. The number of quaternary nitrogens is 1. The Hall–Kier alpha value is -2.34. The molecule has 1 heterocycles. The van der Waals surface area contributed by atoms with Gasteiger partial charge in [0.2, 0.25) is 0 Å². The van der Waals surface area contributed by atoms with Gasteiger partial charge in [0.15, 0.2) is 6.10 Å². The normalized spacial score (nSPS) is 17.3. The lowest BCUT2D eigenvalue weighted by Gasteiger charge is -2.09. The number of benzene rings is 2. The number of hydrogen-bond acceptors (Lipinski definition) is 2. The fourth-order valence-corrected chi connectivity index (χ4v) is 2.88. The largest absolute Gasteiger partial charge is 0.416 e. The molecule has 0 radical (unpaired) electrons. The summed E-state index contributed by atoms with van der Waals surface area (Å²) in [5.41, 5.74) is 3.45. The van der Waals surface area contributed by atoms with Crippen LogP contribution in [0, 0.1) is 6.92 Å². The second kappa shape index (κ2) is 7.27. The van der Waals surface area contributed by atoms with Crippen LogP contribution in [0.5, 0.6) is 0 Å². The standard InChI is InChI=1S/C19H19F3N2O/c1-13-4-2-3-5-17(13)18-10-16(25-24-18)12-23-11-14-6-8-15(9-7-14)19(20,21)22/h2-9,16,23H,10-12H2,1H3/p+1/t16-/m0/s1. The average Bonchev–Trinajstić information content (AvgIpc) is 3.03. The van der Waals surface area contributed by atoms with Gasteiger partial charge < -0.3 is 10.2 Å². The Kier molecular flexibility index (Phi) is 5.08. The third-order valence-electron chi connectivity index (χ3n) is 4.28. The van der Waals surface area contributed by atoms with Crippen molar-refractivity contribution in [1.82, 2.24) is 0 Å². The van der Waals surface area contributed by atoms with Crippen molar-refractivity contribution >= 4 is 5.71 Å². The first kappa shape index (κ1) is 17.5. The summed E-state index contributed by atoms with van der Waals surface area (Å²) in [6.45, 7) is 3.36. The SMILES string of the molecule is Cc1ccccc1C1=NO[C@H](C[NH2+]Cc2ccc(C(F)(F)F)cc2)C1. The van der Waals surface area contributed by atoms with E-state index in [0.29, 0.717) is 13.1 Å². The molecule has 6 heteroatoms. The maximum Gasteiger partial charge on any atom is 0.416 e. The van der Waals surface area contributed by atoms with Gasteiger partial charge in [-0.15, -0.1) is 0 Å². The van der Waals surface area contributed by atoms with Gasteiger partial charge in [0.25, 0.3) is 0 Å². The predicted octanol–water partition coefficient (Wildman–Crippen LogP) is 3.27. The van der Waals surface area contributed by atoms with Crippen LogP contribution < -0.4 is 5.32 Å². The maximum atomic E-state index is 12.5. The number of halogens is 3. The molecule has 2 N–H and O–H groups in total. The van der Waals surface area contributed by atoms with E-state index in [2.05, 4.69) is 5.16 Å². The number of alkyl halides is 3. The Balaban J connectivity index is 1.47. The lowest BCUT2D eigenvalue weighted by molar-refractivity contribution is -0.676. The maximum absolute atomic E-state index is 12.5. The van der Waals surface area contributed by atoms with Crippen molar-refractivity contribution in [3.8, 4) is 0 Å². The third kappa shape index (κ3) is 4.39. The van der Waals surface area contributed by atoms with Crippen molar-refractivity contribution in [2.45, 2.75) is 32.2 Å². The molecule has 2 aromatic rings. The molecule has 0 unspecified atom stereocenters. The third-order valence-corrected chi connectivity index (χ3v) is 4.28. The van der Waals surface area contributed by atoms with Gasteiger partial charge in [0, 0.05) is 17.5 Å². The lowest BCUT2D eigenvalue weighted by Crippen LogP contribution is -2.84. The van der Waals surface area contributed by atoms with Crippen LogP contribution in [0.25, 0.3) is 0 Å². The van der Waals surface area contributed by atoms with E-state index in [0.717, 1.165) is 35.4 Å². The molecule has 0 bridgehead atoms. The van der Waals surface area contributed by atoms with Gasteiger partial charge in [-0.2, -0.15) is 13.2 Å². The molecule has 0 saturated carbocycles. The van der Waals surface area contributed by atoms with E-state index in [-0.39, 0.29) is 6.10 Å². The quantitative estimate of drug-likeness (QED) is 0.884. The topological polar surface area (TPSA) is 38.2 Å². The van der Waals surface area contributed by atoms with Crippen LogP contribution in [0.2, 0.25) is 0 Å².